The number of amides is 2. The lowest BCUT2D eigenvalue weighted by atomic mass is 10.1. The number of carbonyl (C=O) groups excluding carboxylic acids is 1. The van der Waals surface area contributed by atoms with Crippen LogP contribution in [0.2, 0.25) is 0 Å². The molecule has 1 saturated heterocycles. The van der Waals surface area contributed by atoms with E-state index in [0.29, 0.717) is 6.54 Å². The Balaban J connectivity index is 2.03. The van der Waals surface area contributed by atoms with Gasteiger partial charge in [-0.25, -0.2) is 9.59 Å². The molecule has 0 aromatic carbocycles. The quantitative estimate of drug-likeness (QED) is 0.665. The fraction of sp³-hybridized carbons (Fsp3) is 0.800. The first-order chi connectivity index (χ1) is 7.70. The number of hydrogen-bond donors (Lipinski definition) is 2. The third-order valence-electron chi connectivity index (χ3n) is 2.39. The van der Waals surface area contributed by atoms with E-state index in [2.05, 4.69) is 5.32 Å². The monoisotopic (exact) mass is 230 g/mol. The number of carboxylic acids is 1. The highest BCUT2D eigenvalue weighted by molar-refractivity contribution is 5.74. The van der Waals surface area contributed by atoms with Crippen LogP contribution in [0.1, 0.15) is 19.3 Å². The van der Waals surface area contributed by atoms with Crippen LogP contribution in [0.5, 0.6) is 0 Å². The third kappa shape index (κ3) is 4.97. The Kier molecular flexibility index (Phi) is 5.63. The van der Waals surface area contributed by atoms with Crippen LogP contribution in [0.4, 0.5) is 4.79 Å². The minimum Gasteiger partial charge on any atom is -0.480 e. The molecule has 2 N–H and O–H groups in total. The number of rotatable bonds is 5. The van der Waals surface area contributed by atoms with Gasteiger partial charge in [-0.15, -0.1) is 0 Å². The number of urea groups is 1. The number of hydrogen-bond acceptors (Lipinski definition) is 3. The highest BCUT2D eigenvalue weighted by atomic mass is 16.5. The second kappa shape index (κ2) is 7.05. The Hall–Kier alpha value is -1.30. The van der Waals surface area contributed by atoms with E-state index in [1.54, 1.807) is 4.90 Å². The van der Waals surface area contributed by atoms with Gasteiger partial charge in [-0.05, 0) is 19.3 Å². The lowest BCUT2D eigenvalue weighted by Crippen LogP contribution is -2.43. The zero-order chi connectivity index (χ0) is 11.8. The molecule has 0 bridgehead atoms. The first-order valence-electron chi connectivity index (χ1n) is 5.52. The molecule has 0 unspecified atom stereocenters. The van der Waals surface area contributed by atoms with Gasteiger partial charge in [0.25, 0.3) is 0 Å². The van der Waals surface area contributed by atoms with Crippen molar-refractivity contribution in [1.82, 2.24) is 10.2 Å². The average molecular weight is 230 g/mol. The summed E-state index contributed by atoms with van der Waals surface area (Å²) in [5.41, 5.74) is 0. The van der Waals surface area contributed by atoms with E-state index in [0.717, 1.165) is 25.9 Å². The highest BCUT2D eigenvalue weighted by Gasteiger charge is 2.15. The number of nitrogens with one attached hydrogen (secondary N) is 1. The number of aliphatic carboxylic acids is 1. The topological polar surface area (TPSA) is 78.9 Å². The van der Waals surface area contributed by atoms with Crippen LogP contribution in [0, 0.1) is 0 Å². The first-order valence-corrected chi connectivity index (χ1v) is 5.52. The summed E-state index contributed by atoms with van der Waals surface area (Å²) in [7, 11) is 0. The smallest absolute Gasteiger partial charge is 0.329 e. The average Bonchev–Trinajstić information content (AvgIpc) is 2.29. The van der Waals surface area contributed by atoms with E-state index in [1.807, 2.05) is 0 Å². The van der Waals surface area contributed by atoms with Crippen molar-refractivity contribution < 1.29 is 19.4 Å². The third-order valence-corrected chi connectivity index (χ3v) is 2.39. The predicted octanol–water partition coefficient (Wildman–Crippen LogP) is 0.283. The standard InChI is InChI=1S/C10H18N2O4/c13-9(14)8-16-7-4-11-10(15)12-5-2-1-3-6-12/h1-8H2,(H,11,15)(H,13,14). The fourth-order valence-electron chi connectivity index (χ4n) is 1.60. The molecule has 1 aliphatic rings. The Bertz CT molecular complexity index is 239. The van der Waals surface area contributed by atoms with Crippen molar-refractivity contribution in [1.29, 1.82) is 0 Å². The molecular weight excluding hydrogens is 212 g/mol. The fourth-order valence-corrected chi connectivity index (χ4v) is 1.60. The molecule has 6 heteroatoms. The van der Waals surface area contributed by atoms with Crippen LogP contribution >= 0.6 is 0 Å². The summed E-state index contributed by atoms with van der Waals surface area (Å²) in [5.74, 6) is -0.998. The van der Waals surface area contributed by atoms with Gasteiger partial charge in [0.1, 0.15) is 6.61 Å². The molecule has 0 spiro atoms. The summed E-state index contributed by atoms with van der Waals surface area (Å²) in [6, 6.07) is -0.0846. The van der Waals surface area contributed by atoms with Crippen molar-refractivity contribution in [2.75, 3.05) is 32.8 Å². The number of nitrogens with zero attached hydrogens (tertiary/aromatic N) is 1. The van der Waals surface area contributed by atoms with E-state index in [9.17, 15) is 9.59 Å². The van der Waals surface area contributed by atoms with Crippen molar-refractivity contribution in [3.63, 3.8) is 0 Å². The van der Waals surface area contributed by atoms with Crippen molar-refractivity contribution in [3.05, 3.63) is 0 Å². The molecule has 1 heterocycles. The molecule has 0 aromatic heterocycles. The number of ether oxygens (including phenoxy) is 1. The van der Waals surface area contributed by atoms with Crippen LogP contribution < -0.4 is 5.32 Å². The van der Waals surface area contributed by atoms with Crippen LogP contribution in [0.3, 0.4) is 0 Å². The molecule has 1 aliphatic heterocycles. The van der Waals surface area contributed by atoms with Crippen molar-refractivity contribution >= 4 is 12.0 Å². The van der Waals surface area contributed by atoms with Gasteiger partial charge in [0.05, 0.1) is 6.61 Å². The second-order valence-corrected chi connectivity index (χ2v) is 3.73. The molecule has 6 nitrogen and oxygen atoms in total. The summed E-state index contributed by atoms with van der Waals surface area (Å²) in [6.45, 7) is 1.87. The molecule has 2 amide bonds. The number of carboxylic acid groups (broad SMARTS) is 1. The molecule has 0 atom stereocenters. The van der Waals surface area contributed by atoms with Crippen molar-refractivity contribution in [2.24, 2.45) is 0 Å². The van der Waals surface area contributed by atoms with Crippen LogP contribution in [0.15, 0.2) is 0 Å². The lowest BCUT2D eigenvalue weighted by molar-refractivity contribution is -0.142. The number of piperidine rings is 1. The number of carbonyl (C=O) groups is 2. The zero-order valence-corrected chi connectivity index (χ0v) is 9.28. The summed E-state index contributed by atoms with van der Waals surface area (Å²) in [5, 5.41) is 11.0. The molecule has 0 saturated carbocycles. The highest BCUT2D eigenvalue weighted by Crippen LogP contribution is 2.07. The first kappa shape index (κ1) is 12.8. The maximum Gasteiger partial charge on any atom is 0.329 e. The van der Waals surface area contributed by atoms with E-state index in [1.165, 1.54) is 6.42 Å². The van der Waals surface area contributed by atoms with E-state index < -0.39 is 5.97 Å². The normalized spacial score (nSPS) is 15.9. The van der Waals surface area contributed by atoms with Gasteiger partial charge in [0, 0.05) is 19.6 Å². The minimum absolute atomic E-state index is 0.0846. The Morgan fingerprint density at radius 2 is 1.94 bits per heavy atom. The maximum atomic E-state index is 11.5. The Morgan fingerprint density at radius 3 is 2.56 bits per heavy atom. The molecule has 0 radical (unpaired) electrons. The summed E-state index contributed by atoms with van der Waals surface area (Å²) in [6.07, 6.45) is 3.30. The molecular formula is C10H18N2O4. The van der Waals surface area contributed by atoms with Gasteiger partial charge in [0.15, 0.2) is 0 Å². The summed E-state index contributed by atoms with van der Waals surface area (Å²) >= 11 is 0. The summed E-state index contributed by atoms with van der Waals surface area (Å²) in [4.78, 5) is 23.4. The van der Waals surface area contributed by atoms with Gasteiger partial charge in [-0.1, -0.05) is 0 Å². The lowest BCUT2D eigenvalue weighted by Gasteiger charge is -2.26. The molecule has 1 fully saturated rings. The van der Waals surface area contributed by atoms with Gasteiger partial charge in [-0.3, -0.25) is 0 Å². The van der Waals surface area contributed by atoms with Crippen LogP contribution in [-0.2, 0) is 9.53 Å². The number of likely N-dealkylation sites (tertiary alicyclic amines) is 1. The van der Waals surface area contributed by atoms with Crippen LogP contribution in [0.25, 0.3) is 0 Å². The van der Waals surface area contributed by atoms with Gasteiger partial charge < -0.3 is 20.1 Å². The molecule has 16 heavy (non-hydrogen) atoms. The Morgan fingerprint density at radius 1 is 1.25 bits per heavy atom. The zero-order valence-electron chi connectivity index (χ0n) is 9.28. The van der Waals surface area contributed by atoms with Gasteiger partial charge in [-0.2, -0.15) is 0 Å². The van der Waals surface area contributed by atoms with Gasteiger partial charge in [0.2, 0.25) is 0 Å². The predicted molar refractivity (Wildman–Crippen MR) is 57.3 cm³/mol. The van der Waals surface area contributed by atoms with E-state index in [-0.39, 0.29) is 19.2 Å². The van der Waals surface area contributed by atoms with E-state index >= 15 is 0 Å². The minimum atomic E-state index is -0.998. The second-order valence-electron chi connectivity index (χ2n) is 3.73. The Labute approximate surface area is 94.6 Å². The summed E-state index contributed by atoms with van der Waals surface area (Å²) < 4.78 is 4.80. The molecule has 0 aromatic rings. The van der Waals surface area contributed by atoms with Crippen LogP contribution in [-0.4, -0.2) is 54.9 Å². The van der Waals surface area contributed by atoms with Crippen molar-refractivity contribution in [3.8, 4) is 0 Å². The maximum absolute atomic E-state index is 11.5. The molecule has 1 rings (SSSR count). The molecule has 0 aliphatic carbocycles. The van der Waals surface area contributed by atoms with E-state index in [4.69, 9.17) is 9.84 Å². The SMILES string of the molecule is O=C(O)COCCNC(=O)N1CCCCC1. The largest absolute Gasteiger partial charge is 0.480 e. The van der Waals surface area contributed by atoms with Gasteiger partial charge >= 0.3 is 12.0 Å². The molecule has 92 valence electrons. The van der Waals surface area contributed by atoms with Crippen molar-refractivity contribution in [2.45, 2.75) is 19.3 Å².